The summed E-state index contributed by atoms with van der Waals surface area (Å²) >= 11 is 0. The Bertz CT molecular complexity index is 1430. The van der Waals surface area contributed by atoms with Gasteiger partial charge >= 0.3 is 5.97 Å². The Morgan fingerprint density at radius 3 is 2.57 bits per heavy atom. The minimum Gasteiger partial charge on any atom is -0.462 e. The zero-order valence-corrected chi connectivity index (χ0v) is 32.7. The summed E-state index contributed by atoms with van der Waals surface area (Å²) in [7, 11) is 1.61. The summed E-state index contributed by atoms with van der Waals surface area (Å²) in [5.74, 6) is -1.29. The molecule has 5 fully saturated rings. The van der Waals surface area contributed by atoms with E-state index in [0.29, 0.717) is 49.5 Å². The van der Waals surface area contributed by atoms with Crippen LogP contribution in [0.1, 0.15) is 112 Å². The van der Waals surface area contributed by atoms with Crippen LogP contribution < -0.4 is 0 Å². The van der Waals surface area contributed by atoms with Gasteiger partial charge in [-0.1, -0.05) is 69.1 Å². The van der Waals surface area contributed by atoms with E-state index in [1.807, 2.05) is 32.1 Å². The Labute approximate surface area is 316 Å². The van der Waals surface area contributed by atoms with Crippen LogP contribution in [0.4, 0.5) is 0 Å². The minimum absolute atomic E-state index is 0.0874. The third kappa shape index (κ3) is 8.18. The molecule has 4 saturated heterocycles. The van der Waals surface area contributed by atoms with Gasteiger partial charge in [-0.2, -0.15) is 0 Å². The van der Waals surface area contributed by atoms with Gasteiger partial charge in [-0.15, -0.1) is 0 Å². The second-order valence-corrected chi connectivity index (χ2v) is 17.4. The van der Waals surface area contributed by atoms with Gasteiger partial charge in [0.15, 0.2) is 12.1 Å². The summed E-state index contributed by atoms with van der Waals surface area (Å²) in [6.07, 6.45) is 16.8. The van der Waals surface area contributed by atoms with E-state index >= 15 is 0 Å². The van der Waals surface area contributed by atoms with Gasteiger partial charge in [0.25, 0.3) is 0 Å². The highest BCUT2D eigenvalue weighted by atomic mass is 16.7. The topological polar surface area (TPSA) is 122 Å². The lowest BCUT2D eigenvalue weighted by Gasteiger charge is -2.51. The molecule has 10 heteroatoms. The van der Waals surface area contributed by atoms with Crippen molar-refractivity contribution < 1.29 is 48.2 Å². The van der Waals surface area contributed by atoms with Crippen molar-refractivity contribution in [3.05, 3.63) is 47.1 Å². The molecule has 3 unspecified atom stereocenters. The van der Waals surface area contributed by atoms with Crippen LogP contribution in [0.2, 0.25) is 0 Å². The first-order valence-electron chi connectivity index (χ1n) is 20.5. The third-order valence-electron chi connectivity index (χ3n) is 13.5. The Balaban J connectivity index is 1.22. The molecule has 7 aliphatic rings. The molecule has 296 valence electrons. The predicted molar refractivity (Wildman–Crippen MR) is 199 cm³/mol. The number of methoxy groups -OCH3 is 1. The van der Waals surface area contributed by atoms with Crippen LogP contribution in [0.5, 0.6) is 0 Å². The Morgan fingerprint density at radius 2 is 1.79 bits per heavy atom. The van der Waals surface area contributed by atoms with Crippen LogP contribution in [0, 0.1) is 23.7 Å². The molecule has 10 nitrogen and oxygen atoms in total. The molecule has 2 bridgehead atoms. The monoisotopic (exact) mass is 740 g/mol. The molecule has 1 saturated carbocycles. The van der Waals surface area contributed by atoms with Gasteiger partial charge < -0.3 is 43.4 Å². The number of aliphatic hydroxyl groups is 2. The molecule has 0 aromatic rings. The number of allylic oxidation sites excluding steroid dienone is 2. The first kappa shape index (κ1) is 39.3. The lowest BCUT2D eigenvalue weighted by molar-refractivity contribution is -0.342. The maximum Gasteiger partial charge on any atom is 0.316 e. The van der Waals surface area contributed by atoms with E-state index in [0.717, 1.165) is 24.0 Å². The van der Waals surface area contributed by atoms with Gasteiger partial charge in [-0.3, -0.25) is 4.79 Å². The van der Waals surface area contributed by atoms with Crippen molar-refractivity contribution in [2.75, 3.05) is 13.7 Å². The molecular weight excluding hydrogens is 676 g/mol. The number of rotatable bonds is 4. The van der Waals surface area contributed by atoms with E-state index in [1.54, 1.807) is 7.11 Å². The smallest absolute Gasteiger partial charge is 0.316 e. The molecule has 2 N–H and O–H groups in total. The maximum atomic E-state index is 14.3. The molecule has 0 radical (unpaired) electrons. The first-order chi connectivity index (χ1) is 25.4. The largest absolute Gasteiger partial charge is 0.462 e. The standard InChI is InChI=1S/C43H64O10/c1-25-19-34-41(45)50-33-21-32(52-42(23-33)18-17-28(4)40(53-42)30-12-8-7-9-13-30)16-15-27(3)39(51-37-22-35(47-6)38(44)29(5)49-37)26(2)11-10-14-31-24-48-36(20-25)43(31,34)46/h10-11,14-15,19,26,28-30,32-40,44,46H,7-9,12-13,16-18,20-24H2,1-6H3/t26-,28-,29-,32+,33-,34-,35-,36+,37?,38?,39?,40-,42+,43+/m0/s1. The van der Waals surface area contributed by atoms with Crippen LogP contribution in [0.25, 0.3) is 0 Å². The van der Waals surface area contributed by atoms with E-state index in [-0.39, 0.29) is 30.8 Å². The van der Waals surface area contributed by atoms with Gasteiger partial charge in [0.2, 0.25) is 0 Å². The molecular formula is C43H64O10. The van der Waals surface area contributed by atoms with E-state index in [2.05, 4.69) is 32.9 Å². The van der Waals surface area contributed by atoms with Crippen LogP contribution in [-0.2, 0) is 38.0 Å². The summed E-state index contributed by atoms with van der Waals surface area (Å²) < 4.78 is 45.3. The number of ether oxygens (including phenoxy) is 7. The molecule has 0 amide bonds. The molecule has 0 aromatic carbocycles. The van der Waals surface area contributed by atoms with Gasteiger partial charge in [-0.05, 0) is 75.9 Å². The minimum atomic E-state index is -1.51. The molecule has 1 spiro atoms. The highest BCUT2D eigenvalue weighted by Gasteiger charge is 2.57. The van der Waals surface area contributed by atoms with Crippen molar-refractivity contribution in [2.24, 2.45) is 23.7 Å². The molecule has 14 atom stereocenters. The third-order valence-corrected chi connectivity index (χ3v) is 13.5. The first-order valence-corrected chi connectivity index (χ1v) is 20.5. The quantitative estimate of drug-likeness (QED) is 0.240. The van der Waals surface area contributed by atoms with E-state index in [9.17, 15) is 15.0 Å². The van der Waals surface area contributed by atoms with E-state index < -0.39 is 60.1 Å². The zero-order valence-electron chi connectivity index (χ0n) is 32.7. The Morgan fingerprint density at radius 1 is 1.00 bits per heavy atom. The zero-order chi connectivity index (χ0) is 37.5. The van der Waals surface area contributed by atoms with Gasteiger partial charge in [-0.25, -0.2) is 0 Å². The lowest BCUT2D eigenvalue weighted by atomic mass is 9.72. The fourth-order valence-corrected chi connectivity index (χ4v) is 10.4. The average molecular weight is 741 g/mol. The number of esters is 1. The van der Waals surface area contributed by atoms with Gasteiger partial charge in [0, 0.05) is 38.7 Å². The van der Waals surface area contributed by atoms with Gasteiger partial charge in [0.1, 0.15) is 23.7 Å². The SMILES string of the molecule is CO[C@H]1CC(OC2C(C)=CC[C@@H]3C[C@@H](C[C@]4(CC[C@H](C)[C@@H](C5CCCCC5)O4)O3)OC(=O)[C@@H]3C=C(C)C[C@H]4OCC(=CC=C[C@@H]2C)[C@]43O)O[C@@H](C)C1O. The maximum absolute atomic E-state index is 14.3. The number of hydrogen-bond donors (Lipinski definition) is 2. The molecule has 53 heavy (non-hydrogen) atoms. The van der Waals surface area contributed by atoms with Crippen LogP contribution in [-0.4, -0.2) is 96.4 Å². The Kier molecular flexibility index (Phi) is 12.1. The average Bonchev–Trinajstić information content (AvgIpc) is 3.46. The highest BCUT2D eigenvalue weighted by Crippen LogP contribution is 2.48. The molecule has 0 aromatic heterocycles. The summed E-state index contributed by atoms with van der Waals surface area (Å²) in [4.78, 5) is 14.3. The summed E-state index contributed by atoms with van der Waals surface area (Å²) in [5, 5.41) is 23.1. The van der Waals surface area contributed by atoms with Crippen LogP contribution in [0.15, 0.2) is 47.1 Å². The number of carbonyl (C=O) groups is 1. The Hall–Kier alpha value is -1.89. The molecule has 2 aliphatic carbocycles. The van der Waals surface area contributed by atoms with Crippen molar-refractivity contribution in [2.45, 2.75) is 178 Å². The fraction of sp³-hybridized carbons (Fsp3) is 0.791. The fourth-order valence-electron chi connectivity index (χ4n) is 10.4. The van der Waals surface area contributed by atoms with Crippen molar-refractivity contribution in [3.8, 4) is 0 Å². The van der Waals surface area contributed by atoms with Crippen molar-refractivity contribution in [1.82, 2.24) is 0 Å². The van der Waals surface area contributed by atoms with Gasteiger partial charge in [0.05, 0.1) is 43.2 Å². The lowest BCUT2D eigenvalue weighted by Crippen LogP contribution is -2.56. The second-order valence-electron chi connectivity index (χ2n) is 17.4. The number of carbonyl (C=O) groups excluding carboxylic acids is 1. The van der Waals surface area contributed by atoms with E-state index in [1.165, 1.54) is 32.1 Å². The molecule has 5 heterocycles. The summed E-state index contributed by atoms with van der Waals surface area (Å²) in [6.45, 7) is 10.6. The molecule has 5 aliphatic heterocycles. The number of hydrogen-bond acceptors (Lipinski definition) is 10. The summed E-state index contributed by atoms with van der Waals surface area (Å²) in [5.41, 5.74) is 1.19. The van der Waals surface area contributed by atoms with Crippen LogP contribution in [0.3, 0.4) is 0 Å². The normalized spacial score (nSPS) is 45.9. The van der Waals surface area contributed by atoms with E-state index in [4.69, 9.17) is 33.2 Å². The van der Waals surface area contributed by atoms with Crippen molar-refractivity contribution in [3.63, 3.8) is 0 Å². The van der Waals surface area contributed by atoms with Crippen molar-refractivity contribution >= 4 is 5.97 Å². The molecule has 7 rings (SSSR count). The number of fused-ring (bicyclic) bond motifs is 2. The summed E-state index contributed by atoms with van der Waals surface area (Å²) in [6, 6.07) is 0. The second kappa shape index (κ2) is 16.3. The van der Waals surface area contributed by atoms with Crippen molar-refractivity contribution in [1.29, 1.82) is 0 Å². The van der Waals surface area contributed by atoms with Crippen LogP contribution >= 0.6 is 0 Å². The number of aliphatic hydroxyl groups excluding tert-OH is 1. The highest BCUT2D eigenvalue weighted by molar-refractivity contribution is 5.78. The predicted octanol–water partition coefficient (Wildman–Crippen LogP) is 6.63.